The van der Waals surface area contributed by atoms with Crippen LogP contribution in [0.1, 0.15) is 26.5 Å². The summed E-state index contributed by atoms with van der Waals surface area (Å²) in [6.07, 6.45) is 0.640. The van der Waals surface area contributed by atoms with Crippen molar-refractivity contribution in [3.05, 3.63) is 46.8 Å². The Bertz CT molecular complexity index is 916. The highest BCUT2D eigenvalue weighted by Gasteiger charge is 2.28. The zero-order valence-corrected chi connectivity index (χ0v) is 13.5. The maximum Gasteiger partial charge on any atom is 0.247 e. The van der Waals surface area contributed by atoms with E-state index in [1.807, 2.05) is 57.2 Å². The normalized spacial score (nSPS) is 11.8. The molecule has 3 aromatic rings. The molecule has 112 valence electrons. The molecule has 1 aromatic carbocycles. The van der Waals surface area contributed by atoms with E-state index in [9.17, 15) is 4.79 Å². The van der Waals surface area contributed by atoms with Crippen LogP contribution in [0.4, 0.5) is 0 Å². The molecule has 0 saturated heterocycles. The Hall–Kier alpha value is -2.27. The summed E-state index contributed by atoms with van der Waals surface area (Å²) in [6, 6.07) is 11.8. The first kappa shape index (κ1) is 14.7. The van der Waals surface area contributed by atoms with Crippen LogP contribution in [0.3, 0.4) is 0 Å². The van der Waals surface area contributed by atoms with Crippen LogP contribution in [0.2, 0.25) is 0 Å². The first-order valence-electron chi connectivity index (χ1n) is 6.99. The molecule has 0 radical (unpaired) electrons. The molecule has 0 N–H and O–H groups in total. The van der Waals surface area contributed by atoms with E-state index >= 15 is 0 Å². The fraction of sp³-hybridized carbons (Fsp3) is 0.235. The summed E-state index contributed by atoms with van der Waals surface area (Å²) in [7, 11) is 0. The van der Waals surface area contributed by atoms with E-state index in [-0.39, 0.29) is 10.1 Å². The van der Waals surface area contributed by atoms with Gasteiger partial charge in [-0.15, -0.1) is 4.74 Å². The number of fused-ring (bicyclic) bond motifs is 1. The van der Waals surface area contributed by atoms with Crippen LogP contribution in [-0.4, -0.2) is 16.1 Å². The van der Waals surface area contributed by atoms with Crippen LogP contribution in [-0.2, 0) is 10.2 Å². The lowest BCUT2D eigenvalue weighted by Gasteiger charge is -2.19. The summed E-state index contributed by atoms with van der Waals surface area (Å²) in [4.78, 5) is 16.0. The molecular formula is C17H16N2O2S. The first-order chi connectivity index (χ1) is 10.4. The lowest BCUT2D eigenvalue weighted by atomic mass is 9.88. The van der Waals surface area contributed by atoms with Crippen molar-refractivity contribution in [3.8, 4) is 11.3 Å². The molecule has 0 aliphatic rings. The van der Waals surface area contributed by atoms with Gasteiger partial charge in [-0.3, -0.25) is 4.79 Å². The van der Waals surface area contributed by atoms with Gasteiger partial charge >= 0.3 is 0 Å². The molecule has 0 aliphatic heterocycles. The Kier molecular flexibility index (Phi) is 3.45. The van der Waals surface area contributed by atoms with E-state index in [4.69, 9.17) is 16.7 Å². The molecule has 0 unspecified atom stereocenters. The van der Waals surface area contributed by atoms with Gasteiger partial charge in [-0.1, -0.05) is 45.0 Å². The number of rotatable bonds is 2. The van der Waals surface area contributed by atoms with Gasteiger partial charge < -0.3 is 4.52 Å². The fourth-order valence-electron chi connectivity index (χ4n) is 2.60. The van der Waals surface area contributed by atoms with Gasteiger partial charge in [-0.05, 0) is 24.4 Å². The summed E-state index contributed by atoms with van der Waals surface area (Å²) in [6.45, 7) is 6.03. The highest BCUT2D eigenvalue weighted by molar-refractivity contribution is 7.71. The second kappa shape index (κ2) is 5.18. The van der Waals surface area contributed by atoms with Gasteiger partial charge in [-0.2, -0.15) is 0 Å². The summed E-state index contributed by atoms with van der Waals surface area (Å²) < 4.78 is 6.89. The Morgan fingerprint density at radius 1 is 1.18 bits per heavy atom. The van der Waals surface area contributed by atoms with Crippen molar-refractivity contribution in [1.82, 2.24) is 9.72 Å². The molecule has 5 heteroatoms. The number of aromatic nitrogens is 2. The van der Waals surface area contributed by atoms with E-state index in [0.29, 0.717) is 12.0 Å². The van der Waals surface area contributed by atoms with Crippen molar-refractivity contribution in [2.24, 2.45) is 0 Å². The third-order valence-electron chi connectivity index (χ3n) is 3.50. The van der Waals surface area contributed by atoms with Crippen molar-refractivity contribution >= 4 is 29.5 Å². The molecule has 3 rings (SSSR count). The van der Waals surface area contributed by atoms with Crippen molar-refractivity contribution in [2.75, 3.05) is 0 Å². The molecule has 0 spiro atoms. The predicted molar refractivity (Wildman–Crippen MR) is 89.1 cm³/mol. The van der Waals surface area contributed by atoms with Crippen LogP contribution in [0.15, 0.2) is 40.9 Å². The average molecular weight is 312 g/mol. The molecule has 2 heterocycles. The van der Waals surface area contributed by atoms with Gasteiger partial charge in [0.1, 0.15) is 0 Å². The number of carbonyl (C=O) groups excluding carboxylic acids is 1. The lowest BCUT2D eigenvalue weighted by Crippen LogP contribution is -2.18. The third-order valence-corrected chi connectivity index (χ3v) is 3.78. The van der Waals surface area contributed by atoms with E-state index < -0.39 is 0 Å². The number of nitrogens with zero attached hydrogens (tertiary/aromatic N) is 2. The van der Waals surface area contributed by atoms with Crippen LogP contribution in [0, 0.1) is 4.71 Å². The van der Waals surface area contributed by atoms with Crippen LogP contribution in [0.5, 0.6) is 0 Å². The number of para-hydroxylation sites is 1. The van der Waals surface area contributed by atoms with Gasteiger partial charge in [0.2, 0.25) is 11.1 Å². The molecular weight excluding hydrogens is 296 g/mol. The average Bonchev–Trinajstić information content (AvgIpc) is 2.83. The SMILES string of the molecule is CC(C)(C)c1c(-c2ccc3ccccc3n2)c(=S)on1C=O. The largest absolute Gasteiger partial charge is 0.360 e. The van der Waals surface area contributed by atoms with Gasteiger partial charge in [0.15, 0.2) is 0 Å². The summed E-state index contributed by atoms with van der Waals surface area (Å²) >= 11 is 5.31. The summed E-state index contributed by atoms with van der Waals surface area (Å²) in [5.74, 6) is 0. The Morgan fingerprint density at radius 2 is 1.91 bits per heavy atom. The minimum atomic E-state index is -0.301. The monoisotopic (exact) mass is 312 g/mol. The van der Waals surface area contributed by atoms with E-state index in [1.54, 1.807) is 0 Å². The quantitative estimate of drug-likeness (QED) is 0.521. The molecule has 22 heavy (non-hydrogen) atoms. The standard InChI is InChI=1S/C17H16N2O2S/c1-17(2,3)15-14(16(22)21-19(15)10-20)13-9-8-11-6-4-5-7-12(11)18-13/h4-10H,1-3H3. The zero-order chi connectivity index (χ0) is 15.9. The van der Waals surface area contributed by atoms with E-state index in [0.717, 1.165) is 22.3 Å². The van der Waals surface area contributed by atoms with Crippen molar-refractivity contribution in [3.63, 3.8) is 0 Å². The Labute approximate surface area is 133 Å². The third kappa shape index (κ3) is 2.37. The fourth-order valence-corrected chi connectivity index (χ4v) is 2.88. The second-order valence-electron chi connectivity index (χ2n) is 6.17. The summed E-state index contributed by atoms with van der Waals surface area (Å²) in [5.41, 5.74) is 2.74. The maximum atomic E-state index is 11.3. The maximum absolute atomic E-state index is 11.3. The second-order valence-corrected chi connectivity index (χ2v) is 6.54. The molecule has 0 aliphatic carbocycles. The molecule has 0 atom stereocenters. The van der Waals surface area contributed by atoms with Crippen molar-refractivity contribution in [1.29, 1.82) is 0 Å². The van der Waals surface area contributed by atoms with Gasteiger partial charge in [0, 0.05) is 10.8 Å². The van der Waals surface area contributed by atoms with Gasteiger partial charge in [0.05, 0.1) is 22.5 Å². The van der Waals surface area contributed by atoms with Crippen LogP contribution in [0.25, 0.3) is 22.2 Å². The zero-order valence-electron chi connectivity index (χ0n) is 12.7. The highest BCUT2D eigenvalue weighted by Crippen LogP contribution is 2.34. The predicted octanol–water partition coefficient (Wildman–Crippen LogP) is 4.36. The highest BCUT2D eigenvalue weighted by atomic mass is 32.1. The van der Waals surface area contributed by atoms with Gasteiger partial charge in [0.25, 0.3) is 0 Å². The summed E-state index contributed by atoms with van der Waals surface area (Å²) in [5, 5.41) is 1.06. The molecule has 4 nitrogen and oxygen atoms in total. The first-order valence-corrected chi connectivity index (χ1v) is 7.40. The number of hydrogen-bond donors (Lipinski definition) is 0. The topological polar surface area (TPSA) is 48.0 Å². The Morgan fingerprint density at radius 3 is 2.59 bits per heavy atom. The number of carbonyl (C=O) groups is 1. The minimum Gasteiger partial charge on any atom is -0.360 e. The lowest BCUT2D eigenvalue weighted by molar-refractivity contribution is 0.318. The number of benzene rings is 1. The smallest absolute Gasteiger partial charge is 0.247 e. The number of hydrogen-bond acceptors (Lipinski definition) is 4. The molecule has 0 bridgehead atoms. The van der Waals surface area contributed by atoms with Crippen LogP contribution >= 0.6 is 12.2 Å². The molecule has 0 fully saturated rings. The van der Waals surface area contributed by atoms with Crippen LogP contribution < -0.4 is 0 Å². The van der Waals surface area contributed by atoms with Crippen molar-refractivity contribution < 1.29 is 9.32 Å². The number of pyridine rings is 1. The van der Waals surface area contributed by atoms with E-state index in [1.165, 1.54) is 4.74 Å². The molecule has 0 amide bonds. The Balaban J connectivity index is 2.32. The van der Waals surface area contributed by atoms with Crippen molar-refractivity contribution in [2.45, 2.75) is 26.2 Å². The minimum absolute atomic E-state index is 0.278. The molecule has 2 aromatic heterocycles. The van der Waals surface area contributed by atoms with E-state index in [2.05, 4.69) is 4.98 Å². The van der Waals surface area contributed by atoms with Gasteiger partial charge in [-0.25, -0.2) is 4.98 Å². The molecule has 0 saturated carbocycles.